The van der Waals surface area contributed by atoms with Crippen molar-refractivity contribution in [3.63, 3.8) is 0 Å². The zero-order chi connectivity index (χ0) is 11.6. The first-order chi connectivity index (χ1) is 6.79. The summed E-state index contributed by atoms with van der Waals surface area (Å²) in [6.45, 7) is 0. The van der Waals surface area contributed by atoms with Crippen LogP contribution in [0.15, 0.2) is 18.2 Å². The minimum absolute atomic E-state index is 0.109. The lowest BCUT2D eigenvalue weighted by Gasteiger charge is -2.00. The molecule has 0 spiro atoms. The molecule has 0 N–H and O–H groups in total. The van der Waals surface area contributed by atoms with Crippen LogP contribution in [0.25, 0.3) is 0 Å². The molecule has 1 rings (SSSR count). The molecule has 0 bridgehead atoms. The summed E-state index contributed by atoms with van der Waals surface area (Å²) in [4.78, 5) is 9.71. The number of benzene rings is 1. The van der Waals surface area contributed by atoms with Gasteiger partial charge in [0, 0.05) is 12.1 Å². The van der Waals surface area contributed by atoms with Crippen LogP contribution < -0.4 is 4.74 Å². The van der Waals surface area contributed by atoms with E-state index in [4.69, 9.17) is 15.7 Å². The first-order valence-electron chi connectivity index (χ1n) is 4.42. The van der Waals surface area contributed by atoms with Gasteiger partial charge in [0.15, 0.2) is 0 Å². The quantitative estimate of drug-likeness (QED) is 0.531. The fourth-order valence-electron chi connectivity index (χ4n) is 0.686. The second-order valence-corrected chi connectivity index (χ2v) is 2.38. The first kappa shape index (κ1) is 5.37. The molecule has 5 heteroatoms. The molecular formula is C7H6ClNO3. The third-order valence-corrected chi connectivity index (χ3v) is 1.53. The Kier molecular flexibility index (Phi) is 1.52. The van der Waals surface area contributed by atoms with Crippen molar-refractivity contribution >= 4 is 17.3 Å². The number of halogens is 1. The lowest BCUT2D eigenvalue weighted by atomic mass is 10.3. The normalized spacial score (nSPS) is 14.2. The number of rotatable bonds is 2. The number of nitro groups is 1. The highest BCUT2D eigenvalue weighted by Crippen LogP contribution is 2.27. The average molecular weight is 191 g/mol. The predicted octanol–water partition coefficient (Wildman–Crippen LogP) is 2.26. The van der Waals surface area contributed by atoms with Gasteiger partial charge in [-0.15, -0.1) is 0 Å². The van der Waals surface area contributed by atoms with E-state index >= 15 is 0 Å². The van der Waals surface area contributed by atoms with Crippen LogP contribution in [0.2, 0.25) is 5.02 Å². The standard InChI is InChI=1S/C7H6ClNO3/c1-12-7-3-2-5(9(10)11)4-6(7)8/h2-4H,1H3/i1D3. The van der Waals surface area contributed by atoms with Crippen LogP contribution in [0.3, 0.4) is 0 Å². The Morgan fingerprint density at radius 3 is 3.00 bits per heavy atom. The van der Waals surface area contributed by atoms with E-state index in [0.717, 1.165) is 18.2 Å². The highest BCUT2D eigenvalue weighted by Gasteiger charge is 2.08. The molecule has 64 valence electrons. The van der Waals surface area contributed by atoms with Crippen molar-refractivity contribution in [3.05, 3.63) is 33.3 Å². The maximum absolute atomic E-state index is 10.3. The van der Waals surface area contributed by atoms with Crippen LogP contribution in [0.1, 0.15) is 4.11 Å². The third-order valence-electron chi connectivity index (χ3n) is 1.24. The molecule has 0 saturated carbocycles. The summed E-state index contributed by atoms with van der Waals surface area (Å²) in [5.74, 6) is -0.109. The smallest absolute Gasteiger partial charge is 0.271 e. The summed E-state index contributed by atoms with van der Waals surface area (Å²) in [5, 5.41) is 10.2. The predicted molar refractivity (Wildman–Crippen MR) is 44.7 cm³/mol. The van der Waals surface area contributed by atoms with Gasteiger partial charge >= 0.3 is 0 Å². The van der Waals surface area contributed by atoms with Crippen LogP contribution in [0, 0.1) is 10.1 Å². The van der Waals surface area contributed by atoms with Crippen molar-refractivity contribution in [1.29, 1.82) is 0 Å². The van der Waals surface area contributed by atoms with E-state index in [1.165, 1.54) is 0 Å². The second kappa shape index (κ2) is 3.40. The SMILES string of the molecule is [2H]C([2H])([2H])Oc1ccc([N+](=O)[O-])cc1Cl. The van der Waals surface area contributed by atoms with Crippen LogP contribution in [0.4, 0.5) is 5.69 Å². The van der Waals surface area contributed by atoms with Crippen LogP contribution in [0.5, 0.6) is 5.75 Å². The molecule has 0 aliphatic carbocycles. The number of hydrogen-bond donors (Lipinski definition) is 0. The van der Waals surface area contributed by atoms with Gasteiger partial charge in [0.25, 0.3) is 5.69 Å². The van der Waals surface area contributed by atoms with E-state index in [9.17, 15) is 10.1 Å². The topological polar surface area (TPSA) is 52.4 Å². The van der Waals surface area contributed by atoms with Crippen molar-refractivity contribution in [3.8, 4) is 5.75 Å². The third kappa shape index (κ3) is 1.65. The number of non-ortho nitro benzene ring substituents is 1. The zero-order valence-electron chi connectivity index (χ0n) is 8.78. The summed E-state index contributed by atoms with van der Waals surface area (Å²) < 4.78 is 25.0. The minimum atomic E-state index is -2.63. The molecule has 0 amide bonds. The highest BCUT2D eigenvalue weighted by molar-refractivity contribution is 6.32. The molecule has 0 aliphatic rings. The van der Waals surface area contributed by atoms with E-state index in [2.05, 4.69) is 4.74 Å². The molecule has 12 heavy (non-hydrogen) atoms. The summed E-state index contributed by atoms with van der Waals surface area (Å²) in [6.07, 6.45) is 0. The van der Waals surface area contributed by atoms with Gasteiger partial charge in [0.2, 0.25) is 0 Å². The van der Waals surface area contributed by atoms with Gasteiger partial charge in [-0.2, -0.15) is 0 Å². The number of nitro benzene ring substituents is 1. The summed E-state index contributed by atoms with van der Waals surface area (Å²) in [6, 6.07) is 3.29. The van der Waals surface area contributed by atoms with Crippen molar-refractivity contribution in [1.82, 2.24) is 0 Å². The number of hydrogen-bond acceptors (Lipinski definition) is 3. The van der Waals surface area contributed by atoms with Gasteiger partial charge in [-0.05, 0) is 6.07 Å². The Morgan fingerprint density at radius 2 is 2.50 bits per heavy atom. The van der Waals surface area contributed by atoms with E-state index < -0.39 is 12.0 Å². The Morgan fingerprint density at radius 1 is 1.75 bits per heavy atom. The minimum Gasteiger partial charge on any atom is -0.495 e. The molecule has 0 unspecified atom stereocenters. The van der Waals surface area contributed by atoms with Crippen molar-refractivity contribution in [2.45, 2.75) is 0 Å². The van der Waals surface area contributed by atoms with Crippen molar-refractivity contribution in [2.24, 2.45) is 0 Å². The molecule has 0 fully saturated rings. The van der Waals surface area contributed by atoms with E-state index in [0.29, 0.717) is 0 Å². The van der Waals surface area contributed by atoms with Gasteiger partial charge in [-0.3, -0.25) is 10.1 Å². The fraction of sp³-hybridized carbons (Fsp3) is 0.143. The Balaban J connectivity index is 2.99. The maximum Gasteiger partial charge on any atom is 0.271 e. The lowest BCUT2D eigenvalue weighted by Crippen LogP contribution is -1.89. The van der Waals surface area contributed by atoms with Crippen LogP contribution >= 0.6 is 11.6 Å². The van der Waals surface area contributed by atoms with E-state index in [-0.39, 0.29) is 16.5 Å². The Hall–Kier alpha value is -1.29. The molecule has 1 aromatic rings. The Bertz CT molecular complexity index is 394. The molecule has 0 saturated heterocycles. The highest BCUT2D eigenvalue weighted by atomic mass is 35.5. The van der Waals surface area contributed by atoms with Crippen molar-refractivity contribution in [2.75, 3.05) is 7.04 Å². The molecule has 0 atom stereocenters. The number of ether oxygens (including phenoxy) is 1. The van der Waals surface area contributed by atoms with Crippen LogP contribution in [-0.2, 0) is 0 Å². The summed E-state index contributed by atoms with van der Waals surface area (Å²) >= 11 is 5.60. The zero-order valence-corrected chi connectivity index (χ0v) is 6.54. The summed E-state index contributed by atoms with van der Waals surface area (Å²) in [7, 11) is -2.63. The average Bonchev–Trinajstić information content (AvgIpc) is 2.05. The molecular weight excluding hydrogens is 182 g/mol. The molecule has 4 nitrogen and oxygen atoms in total. The van der Waals surface area contributed by atoms with E-state index in [1.54, 1.807) is 0 Å². The summed E-state index contributed by atoms with van der Waals surface area (Å²) in [5.41, 5.74) is -0.224. The molecule has 0 aliphatic heterocycles. The molecule has 0 aromatic heterocycles. The van der Waals surface area contributed by atoms with E-state index in [1.807, 2.05) is 0 Å². The molecule has 1 aromatic carbocycles. The largest absolute Gasteiger partial charge is 0.495 e. The number of nitrogens with zero attached hydrogens (tertiary/aromatic N) is 1. The van der Waals surface area contributed by atoms with Gasteiger partial charge in [0.1, 0.15) is 5.75 Å². The van der Waals surface area contributed by atoms with Crippen molar-refractivity contribution < 1.29 is 13.8 Å². The van der Waals surface area contributed by atoms with Gasteiger partial charge in [0.05, 0.1) is 21.1 Å². The molecule has 0 heterocycles. The van der Waals surface area contributed by atoms with Gasteiger partial charge < -0.3 is 4.74 Å². The van der Waals surface area contributed by atoms with Gasteiger partial charge in [-0.25, -0.2) is 0 Å². The first-order valence-corrected chi connectivity index (χ1v) is 3.30. The van der Waals surface area contributed by atoms with Crippen LogP contribution in [-0.4, -0.2) is 12.0 Å². The lowest BCUT2D eigenvalue weighted by molar-refractivity contribution is -0.384. The second-order valence-electron chi connectivity index (χ2n) is 1.97. The maximum atomic E-state index is 10.3. The number of methoxy groups -OCH3 is 1. The molecule has 0 radical (unpaired) electrons. The fourth-order valence-corrected chi connectivity index (χ4v) is 0.899. The Labute approximate surface area is 78.1 Å². The monoisotopic (exact) mass is 190 g/mol. The van der Waals surface area contributed by atoms with Gasteiger partial charge in [-0.1, -0.05) is 11.6 Å².